The second kappa shape index (κ2) is 4.93. The third-order valence-corrected chi connectivity index (χ3v) is 3.20. The number of ether oxygens (including phenoxy) is 1. The zero-order valence-electron chi connectivity index (χ0n) is 8.58. The maximum absolute atomic E-state index is 12.9. The Morgan fingerprint density at radius 3 is 3.00 bits per heavy atom. The van der Waals surface area contributed by atoms with Gasteiger partial charge < -0.3 is 9.64 Å². The number of nitrogens with zero attached hydrogens (tertiary/aromatic N) is 1. The van der Waals surface area contributed by atoms with Crippen LogP contribution in [0.2, 0.25) is 0 Å². The molecule has 1 aliphatic heterocycles. The molecule has 86 valence electrons. The fraction of sp³-hybridized carbons (Fsp3) is 0.364. The number of hydrogen-bond donors (Lipinski definition) is 0. The molecule has 0 radical (unpaired) electrons. The first-order valence-corrected chi connectivity index (χ1v) is 5.75. The van der Waals surface area contributed by atoms with E-state index >= 15 is 0 Å². The van der Waals surface area contributed by atoms with Crippen molar-refractivity contribution >= 4 is 21.8 Å². The van der Waals surface area contributed by atoms with Crippen LogP contribution in [0.1, 0.15) is 5.56 Å². The van der Waals surface area contributed by atoms with E-state index in [9.17, 15) is 9.18 Å². The van der Waals surface area contributed by atoms with Crippen molar-refractivity contribution in [3.05, 3.63) is 34.1 Å². The fourth-order valence-electron chi connectivity index (χ4n) is 1.57. The molecule has 0 unspecified atom stereocenters. The van der Waals surface area contributed by atoms with E-state index in [1.807, 2.05) is 0 Å². The van der Waals surface area contributed by atoms with Crippen LogP contribution in [0.15, 0.2) is 22.7 Å². The number of amides is 1. The topological polar surface area (TPSA) is 29.5 Å². The predicted molar refractivity (Wildman–Crippen MR) is 60.3 cm³/mol. The Kier molecular flexibility index (Phi) is 3.56. The number of rotatable bonds is 2. The Balaban J connectivity index is 2.10. The average molecular weight is 288 g/mol. The zero-order valence-corrected chi connectivity index (χ0v) is 10.2. The van der Waals surface area contributed by atoms with Gasteiger partial charge >= 0.3 is 0 Å². The molecule has 1 aromatic rings. The summed E-state index contributed by atoms with van der Waals surface area (Å²) in [5.41, 5.74) is 0.900. The van der Waals surface area contributed by atoms with Gasteiger partial charge in [0.1, 0.15) is 12.4 Å². The molecule has 1 amide bonds. The lowest BCUT2D eigenvalue weighted by atomic mass is 10.2. The smallest absolute Gasteiger partial charge is 0.248 e. The van der Waals surface area contributed by atoms with Gasteiger partial charge in [0.05, 0.1) is 6.61 Å². The van der Waals surface area contributed by atoms with Crippen LogP contribution in [-0.4, -0.2) is 30.6 Å². The second-order valence-electron chi connectivity index (χ2n) is 3.60. The van der Waals surface area contributed by atoms with Crippen LogP contribution in [0.3, 0.4) is 0 Å². The molecule has 3 nitrogen and oxygen atoms in total. The van der Waals surface area contributed by atoms with Gasteiger partial charge in [0.25, 0.3) is 0 Å². The van der Waals surface area contributed by atoms with E-state index < -0.39 is 0 Å². The molecule has 0 aliphatic carbocycles. The summed E-state index contributed by atoms with van der Waals surface area (Å²) in [5.74, 6) is -0.314. The minimum absolute atomic E-state index is 0.0255. The third-order valence-electron chi connectivity index (χ3n) is 2.46. The Hall–Kier alpha value is -0.940. The lowest BCUT2D eigenvalue weighted by molar-refractivity contribution is -0.143. The Labute approximate surface area is 101 Å². The highest BCUT2D eigenvalue weighted by atomic mass is 79.9. The molecule has 2 rings (SSSR count). The van der Waals surface area contributed by atoms with E-state index in [4.69, 9.17) is 4.74 Å². The predicted octanol–water partition coefficient (Wildman–Crippen LogP) is 1.95. The summed E-state index contributed by atoms with van der Waals surface area (Å²) in [6, 6.07) is 4.48. The van der Waals surface area contributed by atoms with Crippen molar-refractivity contribution in [2.24, 2.45) is 0 Å². The highest BCUT2D eigenvalue weighted by Crippen LogP contribution is 2.20. The molecule has 5 heteroatoms. The molecular weight excluding hydrogens is 277 g/mol. The van der Waals surface area contributed by atoms with Crippen LogP contribution < -0.4 is 0 Å². The summed E-state index contributed by atoms with van der Waals surface area (Å²) in [6.45, 7) is 1.77. The molecule has 0 bridgehead atoms. The van der Waals surface area contributed by atoms with E-state index in [0.717, 1.165) is 5.56 Å². The van der Waals surface area contributed by atoms with Crippen molar-refractivity contribution in [1.82, 2.24) is 4.90 Å². The van der Waals surface area contributed by atoms with Gasteiger partial charge in [0, 0.05) is 17.6 Å². The molecule has 1 aromatic carbocycles. The highest BCUT2D eigenvalue weighted by Gasteiger charge is 2.19. The van der Waals surface area contributed by atoms with Crippen LogP contribution >= 0.6 is 15.9 Å². The quantitative estimate of drug-likeness (QED) is 0.832. The molecule has 0 saturated carbocycles. The third kappa shape index (κ3) is 2.59. The van der Waals surface area contributed by atoms with Crippen LogP contribution in [-0.2, 0) is 16.1 Å². The maximum atomic E-state index is 12.9. The Bertz CT molecular complexity index is 411. The molecule has 16 heavy (non-hydrogen) atoms. The van der Waals surface area contributed by atoms with Gasteiger partial charge in [-0.05, 0) is 17.7 Å². The van der Waals surface area contributed by atoms with Crippen molar-refractivity contribution in [2.45, 2.75) is 6.54 Å². The molecule has 1 fully saturated rings. The molecular formula is C11H11BrFNO2. The standard InChI is InChI=1S/C11H11BrFNO2/c12-10-5-9(13)2-1-8(10)6-14-3-4-16-7-11(14)15/h1-2,5H,3-4,6-7H2. The number of hydrogen-bond acceptors (Lipinski definition) is 2. The van der Waals surface area contributed by atoms with Crippen molar-refractivity contribution < 1.29 is 13.9 Å². The first kappa shape index (κ1) is 11.5. The monoisotopic (exact) mass is 287 g/mol. The number of morpholine rings is 1. The van der Waals surface area contributed by atoms with E-state index in [-0.39, 0.29) is 18.3 Å². The van der Waals surface area contributed by atoms with Gasteiger partial charge in [-0.2, -0.15) is 0 Å². The van der Waals surface area contributed by atoms with Crippen LogP contribution in [0.25, 0.3) is 0 Å². The average Bonchev–Trinajstić information content (AvgIpc) is 2.25. The minimum atomic E-state index is -0.288. The summed E-state index contributed by atoms with van der Waals surface area (Å²) in [4.78, 5) is 13.2. The number of carbonyl (C=O) groups excluding carboxylic acids is 1. The molecule has 0 spiro atoms. The molecule has 1 saturated heterocycles. The fourth-order valence-corrected chi connectivity index (χ4v) is 2.05. The van der Waals surface area contributed by atoms with E-state index in [1.165, 1.54) is 12.1 Å². The molecule has 0 atom stereocenters. The van der Waals surface area contributed by atoms with Gasteiger partial charge in [0.2, 0.25) is 5.91 Å². The van der Waals surface area contributed by atoms with Crippen LogP contribution in [0, 0.1) is 5.82 Å². The normalized spacial score (nSPS) is 16.6. The van der Waals surface area contributed by atoms with Gasteiger partial charge in [-0.1, -0.05) is 22.0 Å². The summed E-state index contributed by atoms with van der Waals surface area (Å²) >= 11 is 3.28. The van der Waals surface area contributed by atoms with Crippen molar-refractivity contribution in [3.8, 4) is 0 Å². The Morgan fingerprint density at radius 1 is 1.50 bits per heavy atom. The van der Waals surface area contributed by atoms with E-state index in [0.29, 0.717) is 24.2 Å². The largest absolute Gasteiger partial charge is 0.370 e. The maximum Gasteiger partial charge on any atom is 0.248 e. The van der Waals surface area contributed by atoms with E-state index in [2.05, 4.69) is 15.9 Å². The van der Waals surface area contributed by atoms with Gasteiger partial charge in [0.15, 0.2) is 0 Å². The van der Waals surface area contributed by atoms with Crippen LogP contribution in [0.5, 0.6) is 0 Å². The second-order valence-corrected chi connectivity index (χ2v) is 4.46. The summed E-state index contributed by atoms with van der Waals surface area (Å²) in [7, 11) is 0. The minimum Gasteiger partial charge on any atom is -0.370 e. The highest BCUT2D eigenvalue weighted by molar-refractivity contribution is 9.10. The van der Waals surface area contributed by atoms with Crippen LogP contribution in [0.4, 0.5) is 4.39 Å². The van der Waals surface area contributed by atoms with Crippen molar-refractivity contribution in [1.29, 1.82) is 0 Å². The zero-order chi connectivity index (χ0) is 11.5. The number of carbonyl (C=O) groups is 1. The molecule has 0 aromatic heterocycles. The number of halogens is 2. The lowest BCUT2D eigenvalue weighted by Gasteiger charge is -2.27. The SMILES string of the molecule is O=C1COCCN1Cc1ccc(F)cc1Br. The van der Waals surface area contributed by atoms with Gasteiger partial charge in [-0.15, -0.1) is 0 Å². The molecule has 1 aliphatic rings. The molecule has 1 heterocycles. The Morgan fingerprint density at radius 2 is 2.31 bits per heavy atom. The first-order valence-electron chi connectivity index (χ1n) is 4.96. The van der Waals surface area contributed by atoms with Crippen molar-refractivity contribution in [2.75, 3.05) is 19.8 Å². The van der Waals surface area contributed by atoms with Crippen molar-refractivity contribution in [3.63, 3.8) is 0 Å². The van der Waals surface area contributed by atoms with Gasteiger partial charge in [-0.25, -0.2) is 4.39 Å². The first-order chi connectivity index (χ1) is 7.66. The molecule has 0 N–H and O–H groups in total. The van der Waals surface area contributed by atoms with E-state index in [1.54, 1.807) is 11.0 Å². The van der Waals surface area contributed by atoms with Gasteiger partial charge in [-0.3, -0.25) is 4.79 Å². The summed E-state index contributed by atoms with van der Waals surface area (Å²) < 4.78 is 18.6. The summed E-state index contributed by atoms with van der Waals surface area (Å²) in [6.07, 6.45) is 0. The lowest BCUT2D eigenvalue weighted by Crippen LogP contribution is -2.40. The summed E-state index contributed by atoms with van der Waals surface area (Å²) in [5, 5.41) is 0. The number of benzene rings is 1.